The third kappa shape index (κ3) is 2.60. The van der Waals surface area contributed by atoms with Gasteiger partial charge in [0.05, 0.1) is 13.7 Å². The van der Waals surface area contributed by atoms with Crippen molar-refractivity contribution in [1.82, 2.24) is 0 Å². The van der Waals surface area contributed by atoms with E-state index in [1.807, 2.05) is 18.2 Å². The Hall–Kier alpha value is -1.10. The van der Waals surface area contributed by atoms with Crippen LogP contribution in [0.4, 0.5) is 0 Å². The Kier molecular flexibility index (Phi) is 3.99. The molecule has 0 atom stereocenters. The van der Waals surface area contributed by atoms with Crippen LogP contribution in [0.1, 0.15) is 5.56 Å². The summed E-state index contributed by atoms with van der Waals surface area (Å²) in [5.41, 5.74) is 1.13. The first-order chi connectivity index (χ1) is 8.26. The molecule has 0 aliphatic rings. The largest absolute Gasteiger partial charge is 0.496 e. The fourth-order valence-electron chi connectivity index (χ4n) is 1.96. The zero-order chi connectivity index (χ0) is 12.3. The van der Waals surface area contributed by atoms with Crippen LogP contribution in [0.3, 0.4) is 0 Å². The first-order valence-corrected chi connectivity index (χ1v) is 6.12. The molecule has 0 spiro atoms. The highest BCUT2D eigenvalue weighted by atomic mass is 79.9. The van der Waals surface area contributed by atoms with Gasteiger partial charge in [-0.1, -0.05) is 28.1 Å². The number of benzene rings is 2. The second-order valence-corrected chi connectivity index (χ2v) is 4.65. The molecule has 0 saturated heterocycles. The maximum atomic E-state index is 5.37. The van der Waals surface area contributed by atoms with Gasteiger partial charge >= 0.3 is 0 Å². The molecule has 0 fully saturated rings. The van der Waals surface area contributed by atoms with Gasteiger partial charge < -0.3 is 9.57 Å². The van der Waals surface area contributed by atoms with Gasteiger partial charge in [0.1, 0.15) is 5.75 Å². The molecule has 0 amide bonds. The van der Waals surface area contributed by atoms with E-state index < -0.39 is 0 Å². The van der Waals surface area contributed by atoms with Crippen LogP contribution >= 0.6 is 15.9 Å². The van der Waals surface area contributed by atoms with Crippen molar-refractivity contribution < 1.29 is 9.57 Å². The minimum Gasteiger partial charge on any atom is -0.496 e. The molecule has 0 bridgehead atoms. The number of hydrogen-bond acceptors (Lipinski definition) is 3. The molecule has 0 aliphatic carbocycles. The summed E-state index contributed by atoms with van der Waals surface area (Å²) in [7, 11) is 1.67. The molecule has 3 nitrogen and oxygen atoms in total. The standard InChI is InChI=1S/C13H14BrNO2/c1-16-13-5-2-9-8-10(14)3-4-11(9)12(13)6-7-17-15/h2-5,8H,6-7,15H2,1H3. The Bertz CT molecular complexity index is 528. The number of ether oxygens (including phenoxy) is 1. The molecule has 0 aromatic heterocycles. The predicted molar refractivity (Wildman–Crippen MR) is 72.0 cm³/mol. The zero-order valence-corrected chi connectivity index (χ0v) is 11.2. The van der Waals surface area contributed by atoms with Gasteiger partial charge in [0, 0.05) is 16.5 Å². The topological polar surface area (TPSA) is 44.5 Å². The van der Waals surface area contributed by atoms with E-state index in [-0.39, 0.29) is 0 Å². The molecular formula is C13H14BrNO2. The summed E-state index contributed by atoms with van der Waals surface area (Å²) in [4.78, 5) is 4.65. The van der Waals surface area contributed by atoms with E-state index in [0.29, 0.717) is 6.61 Å². The molecule has 90 valence electrons. The van der Waals surface area contributed by atoms with Crippen LogP contribution in [-0.4, -0.2) is 13.7 Å². The summed E-state index contributed by atoms with van der Waals surface area (Å²) in [5.74, 6) is 5.96. The maximum Gasteiger partial charge on any atom is 0.122 e. The van der Waals surface area contributed by atoms with E-state index in [1.165, 1.54) is 10.8 Å². The maximum absolute atomic E-state index is 5.37. The molecular weight excluding hydrogens is 282 g/mol. The second-order valence-electron chi connectivity index (χ2n) is 3.73. The molecule has 2 aromatic rings. The molecule has 2 N–H and O–H groups in total. The van der Waals surface area contributed by atoms with Crippen molar-refractivity contribution in [3.05, 3.63) is 40.4 Å². The van der Waals surface area contributed by atoms with Crippen molar-refractivity contribution in [2.24, 2.45) is 5.90 Å². The fraction of sp³-hybridized carbons (Fsp3) is 0.231. The number of hydrogen-bond donors (Lipinski definition) is 1. The van der Waals surface area contributed by atoms with Gasteiger partial charge in [0.25, 0.3) is 0 Å². The molecule has 2 aromatic carbocycles. The van der Waals surface area contributed by atoms with E-state index in [2.05, 4.69) is 32.9 Å². The number of rotatable bonds is 4. The van der Waals surface area contributed by atoms with Gasteiger partial charge in [-0.3, -0.25) is 0 Å². The van der Waals surface area contributed by atoms with Crippen LogP contribution in [0.5, 0.6) is 5.75 Å². The van der Waals surface area contributed by atoms with Crippen LogP contribution in [0.2, 0.25) is 0 Å². The number of methoxy groups -OCH3 is 1. The van der Waals surface area contributed by atoms with Crippen molar-refractivity contribution in [2.75, 3.05) is 13.7 Å². The molecule has 0 unspecified atom stereocenters. The van der Waals surface area contributed by atoms with Crippen LogP contribution in [0, 0.1) is 0 Å². The van der Waals surface area contributed by atoms with Crippen LogP contribution in [-0.2, 0) is 11.3 Å². The third-order valence-corrected chi connectivity index (χ3v) is 3.23. The number of nitrogens with two attached hydrogens (primary N) is 1. The minimum absolute atomic E-state index is 0.478. The van der Waals surface area contributed by atoms with Crippen molar-refractivity contribution in [3.8, 4) is 5.75 Å². The molecule has 0 radical (unpaired) electrons. The average Bonchev–Trinajstić information content (AvgIpc) is 2.35. The summed E-state index contributed by atoms with van der Waals surface area (Å²) in [5, 5.41) is 2.34. The fourth-order valence-corrected chi connectivity index (χ4v) is 2.33. The van der Waals surface area contributed by atoms with E-state index >= 15 is 0 Å². The minimum atomic E-state index is 0.478. The van der Waals surface area contributed by atoms with E-state index in [9.17, 15) is 0 Å². The summed E-state index contributed by atoms with van der Waals surface area (Å²) in [6.45, 7) is 0.478. The van der Waals surface area contributed by atoms with Gasteiger partial charge in [-0.25, -0.2) is 5.90 Å². The lowest BCUT2D eigenvalue weighted by molar-refractivity contribution is 0.141. The third-order valence-electron chi connectivity index (χ3n) is 2.74. The average molecular weight is 296 g/mol. The van der Waals surface area contributed by atoms with Gasteiger partial charge in [-0.15, -0.1) is 0 Å². The first kappa shape index (κ1) is 12.4. The molecule has 4 heteroatoms. The predicted octanol–water partition coefficient (Wildman–Crippen LogP) is 3.04. The van der Waals surface area contributed by atoms with Crippen molar-refractivity contribution in [3.63, 3.8) is 0 Å². The Labute approximate surface area is 109 Å². The summed E-state index contributed by atoms with van der Waals surface area (Å²) in [6, 6.07) is 10.2. The van der Waals surface area contributed by atoms with Crippen molar-refractivity contribution in [1.29, 1.82) is 0 Å². The molecule has 2 rings (SSSR count). The van der Waals surface area contributed by atoms with E-state index in [4.69, 9.17) is 10.6 Å². The SMILES string of the molecule is COc1ccc2cc(Br)ccc2c1CCON. The number of fused-ring (bicyclic) bond motifs is 1. The lowest BCUT2D eigenvalue weighted by Gasteiger charge is -2.11. The van der Waals surface area contributed by atoms with Gasteiger partial charge in [-0.05, 0) is 29.0 Å². The smallest absolute Gasteiger partial charge is 0.122 e. The van der Waals surface area contributed by atoms with Crippen LogP contribution < -0.4 is 10.6 Å². The number of halogens is 1. The van der Waals surface area contributed by atoms with Crippen molar-refractivity contribution >= 4 is 26.7 Å². The van der Waals surface area contributed by atoms with Gasteiger partial charge in [-0.2, -0.15) is 0 Å². The molecule has 0 aliphatic heterocycles. The normalized spacial score (nSPS) is 10.8. The van der Waals surface area contributed by atoms with Crippen molar-refractivity contribution in [2.45, 2.75) is 6.42 Å². The summed E-state index contributed by atoms with van der Waals surface area (Å²) in [6.07, 6.45) is 0.735. The van der Waals surface area contributed by atoms with E-state index in [0.717, 1.165) is 22.2 Å². The summed E-state index contributed by atoms with van der Waals surface area (Å²) >= 11 is 3.47. The highest BCUT2D eigenvalue weighted by molar-refractivity contribution is 9.10. The lowest BCUT2D eigenvalue weighted by Crippen LogP contribution is -2.05. The van der Waals surface area contributed by atoms with Gasteiger partial charge in [0.2, 0.25) is 0 Å². The van der Waals surface area contributed by atoms with Crippen LogP contribution in [0.15, 0.2) is 34.8 Å². The monoisotopic (exact) mass is 295 g/mol. The summed E-state index contributed by atoms with van der Waals surface area (Å²) < 4.78 is 6.44. The first-order valence-electron chi connectivity index (χ1n) is 5.33. The molecule has 0 saturated carbocycles. The Balaban J connectivity index is 2.57. The van der Waals surface area contributed by atoms with Gasteiger partial charge in [0.15, 0.2) is 0 Å². The highest BCUT2D eigenvalue weighted by Crippen LogP contribution is 2.30. The second kappa shape index (κ2) is 5.49. The highest BCUT2D eigenvalue weighted by Gasteiger charge is 2.08. The quantitative estimate of drug-likeness (QED) is 0.882. The van der Waals surface area contributed by atoms with Crippen LogP contribution in [0.25, 0.3) is 10.8 Å². The molecule has 17 heavy (non-hydrogen) atoms. The molecule has 0 heterocycles. The lowest BCUT2D eigenvalue weighted by atomic mass is 10.0. The Morgan fingerprint density at radius 3 is 2.76 bits per heavy atom. The zero-order valence-electron chi connectivity index (χ0n) is 9.57. The van der Waals surface area contributed by atoms with E-state index in [1.54, 1.807) is 7.11 Å². The Morgan fingerprint density at radius 2 is 2.06 bits per heavy atom. The Morgan fingerprint density at radius 1 is 1.24 bits per heavy atom.